The molecule has 0 saturated carbocycles. The molecule has 0 spiro atoms. The van der Waals surface area contributed by atoms with E-state index in [1.165, 1.54) is 10.5 Å². The lowest BCUT2D eigenvalue weighted by Crippen LogP contribution is -3.27. The molecule has 0 bridgehead atoms. The predicted octanol–water partition coefficient (Wildman–Crippen LogP) is 1.11. The van der Waals surface area contributed by atoms with E-state index in [-0.39, 0.29) is 5.43 Å². The number of aromatic amines is 1. The van der Waals surface area contributed by atoms with Crippen molar-refractivity contribution < 1.29 is 14.5 Å². The third kappa shape index (κ3) is 4.74. The summed E-state index contributed by atoms with van der Waals surface area (Å²) >= 11 is 0. The normalized spacial score (nSPS) is 19.1. The highest BCUT2D eigenvalue weighted by Gasteiger charge is 2.25. The lowest BCUT2D eigenvalue weighted by atomic mass is 10.1. The van der Waals surface area contributed by atoms with Gasteiger partial charge in [-0.15, -0.1) is 0 Å². The van der Waals surface area contributed by atoms with E-state index in [2.05, 4.69) is 42.2 Å². The highest BCUT2D eigenvalue weighted by molar-refractivity contribution is 5.81. The molecule has 0 atom stereocenters. The summed E-state index contributed by atoms with van der Waals surface area (Å²) in [7, 11) is 0. The predicted molar refractivity (Wildman–Crippen MR) is 120 cm³/mol. The van der Waals surface area contributed by atoms with E-state index in [0.29, 0.717) is 6.61 Å². The quantitative estimate of drug-likeness (QED) is 0.550. The molecular weight excluding hydrogens is 374 g/mol. The molecule has 30 heavy (non-hydrogen) atoms. The Bertz CT molecular complexity index is 1040. The number of aryl methyl sites for hydroxylation is 1. The summed E-state index contributed by atoms with van der Waals surface area (Å²) < 4.78 is 5.74. The molecule has 0 unspecified atom stereocenters. The van der Waals surface area contributed by atoms with E-state index >= 15 is 0 Å². The van der Waals surface area contributed by atoms with Crippen LogP contribution >= 0.6 is 0 Å². The second kappa shape index (κ2) is 9.45. The highest BCUT2D eigenvalue weighted by Crippen LogP contribution is 2.18. The molecule has 2 aromatic carbocycles. The lowest BCUT2D eigenvalue weighted by Gasteiger charge is -2.30. The molecule has 3 aromatic rings. The van der Waals surface area contributed by atoms with Crippen LogP contribution in [0.1, 0.15) is 30.2 Å². The lowest BCUT2D eigenvalue weighted by molar-refractivity contribution is -1.02. The molecule has 1 aromatic heterocycles. The van der Waals surface area contributed by atoms with Crippen molar-refractivity contribution in [1.29, 1.82) is 0 Å². The first-order valence-electron chi connectivity index (χ1n) is 11.1. The van der Waals surface area contributed by atoms with Gasteiger partial charge in [-0.25, -0.2) is 0 Å². The molecule has 4 rings (SSSR count). The van der Waals surface area contributed by atoms with Gasteiger partial charge in [0.05, 0.1) is 12.2 Å². The first-order valence-corrected chi connectivity index (χ1v) is 11.1. The molecular formula is C25H33N3O2+2. The van der Waals surface area contributed by atoms with Gasteiger partial charge in [0.25, 0.3) is 0 Å². The van der Waals surface area contributed by atoms with Crippen LogP contribution in [0, 0.1) is 6.92 Å². The number of benzene rings is 2. The van der Waals surface area contributed by atoms with Crippen LogP contribution in [0.4, 0.5) is 0 Å². The number of rotatable bonds is 7. The van der Waals surface area contributed by atoms with Crippen LogP contribution in [0.25, 0.3) is 10.9 Å². The Morgan fingerprint density at radius 3 is 2.37 bits per heavy atom. The minimum absolute atomic E-state index is 0.148. The van der Waals surface area contributed by atoms with Gasteiger partial charge in [-0.05, 0) is 31.5 Å². The number of pyridine rings is 1. The molecule has 2 heterocycles. The van der Waals surface area contributed by atoms with E-state index in [0.717, 1.165) is 73.6 Å². The number of nitrogens with one attached hydrogen (secondary N) is 3. The van der Waals surface area contributed by atoms with Crippen LogP contribution in [0.5, 0.6) is 5.75 Å². The van der Waals surface area contributed by atoms with E-state index in [4.69, 9.17) is 4.74 Å². The first-order chi connectivity index (χ1) is 14.6. The van der Waals surface area contributed by atoms with Crippen LogP contribution < -0.4 is 20.0 Å². The van der Waals surface area contributed by atoms with Gasteiger partial charge in [0, 0.05) is 22.2 Å². The molecule has 1 fully saturated rings. The molecule has 1 aliphatic rings. The smallest absolute Gasteiger partial charge is 0.198 e. The summed E-state index contributed by atoms with van der Waals surface area (Å²) in [5, 5.41) is 0.733. The molecule has 0 radical (unpaired) electrons. The fourth-order valence-electron chi connectivity index (χ4n) is 4.40. The van der Waals surface area contributed by atoms with Gasteiger partial charge in [0.1, 0.15) is 45.0 Å². The van der Waals surface area contributed by atoms with Gasteiger partial charge in [0.15, 0.2) is 5.43 Å². The summed E-state index contributed by atoms with van der Waals surface area (Å²) in [6.07, 6.45) is 0.954. The van der Waals surface area contributed by atoms with Crippen molar-refractivity contribution in [3.05, 3.63) is 75.6 Å². The monoisotopic (exact) mass is 407 g/mol. The first kappa shape index (κ1) is 20.6. The number of fused-ring (bicyclic) bond motifs is 1. The van der Waals surface area contributed by atoms with Crippen LogP contribution in [0.3, 0.4) is 0 Å². The fraction of sp³-hybridized carbons (Fsp3) is 0.400. The molecule has 3 N–H and O–H groups in total. The van der Waals surface area contributed by atoms with Crippen molar-refractivity contribution in [2.45, 2.75) is 33.4 Å². The zero-order valence-corrected chi connectivity index (χ0v) is 18.1. The van der Waals surface area contributed by atoms with Crippen molar-refractivity contribution in [1.82, 2.24) is 4.98 Å². The molecule has 0 aliphatic carbocycles. The van der Waals surface area contributed by atoms with Crippen LogP contribution in [-0.2, 0) is 13.1 Å². The Hall–Kier alpha value is -2.63. The van der Waals surface area contributed by atoms with Gasteiger partial charge in [-0.1, -0.05) is 37.3 Å². The number of hydrogen-bond donors (Lipinski definition) is 3. The Balaban J connectivity index is 1.45. The largest absolute Gasteiger partial charge is 0.494 e. The van der Waals surface area contributed by atoms with Crippen molar-refractivity contribution in [2.75, 3.05) is 32.8 Å². The minimum Gasteiger partial charge on any atom is -0.494 e. The zero-order chi connectivity index (χ0) is 20.9. The maximum absolute atomic E-state index is 13.3. The Kier molecular flexibility index (Phi) is 6.50. The minimum atomic E-state index is 0.148. The van der Waals surface area contributed by atoms with Crippen molar-refractivity contribution in [3.63, 3.8) is 0 Å². The Morgan fingerprint density at radius 2 is 1.67 bits per heavy atom. The Morgan fingerprint density at radius 1 is 0.967 bits per heavy atom. The summed E-state index contributed by atoms with van der Waals surface area (Å²) in [5.41, 5.74) is 4.34. The number of hydrogen-bond acceptors (Lipinski definition) is 2. The number of ether oxygens (including phenoxy) is 1. The maximum Gasteiger partial charge on any atom is 0.198 e. The molecule has 158 valence electrons. The zero-order valence-electron chi connectivity index (χ0n) is 18.1. The Labute approximate surface area is 178 Å². The van der Waals surface area contributed by atoms with Crippen LogP contribution in [0.15, 0.2) is 53.3 Å². The summed E-state index contributed by atoms with van der Waals surface area (Å²) in [5.74, 6) is 0.773. The fourth-order valence-corrected chi connectivity index (χ4v) is 4.40. The van der Waals surface area contributed by atoms with Crippen LogP contribution in [-0.4, -0.2) is 37.8 Å². The summed E-state index contributed by atoms with van der Waals surface area (Å²) in [6.45, 7) is 11.1. The third-order valence-corrected chi connectivity index (χ3v) is 6.15. The van der Waals surface area contributed by atoms with Gasteiger partial charge < -0.3 is 19.5 Å². The van der Waals surface area contributed by atoms with Crippen molar-refractivity contribution in [2.24, 2.45) is 0 Å². The van der Waals surface area contributed by atoms with Gasteiger partial charge >= 0.3 is 0 Å². The van der Waals surface area contributed by atoms with E-state index in [1.807, 2.05) is 25.1 Å². The molecule has 5 heteroatoms. The second-order valence-electron chi connectivity index (χ2n) is 8.45. The molecule has 0 amide bonds. The van der Waals surface area contributed by atoms with Crippen molar-refractivity contribution in [3.8, 4) is 5.75 Å². The van der Waals surface area contributed by atoms with Crippen LogP contribution in [0.2, 0.25) is 0 Å². The SMILES string of the molecule is CCCOc1ccc2[nH]c(C)c(C[NH+]3CC[NH+](Cc4ccccc4)CC3)c(=O)c2c1. The van der Waals surface area contributed by atoms with E-state index in [9.17, 15) is 4.79 Å². The van der Waals surface area contributed by atoms with E-state index < -0.39 is 0 Å². The standard InChI is InChI=1S/C25H31N3O2/c1-3-15-30-21-9-10-24-22(16-21)25(29)23(19(2)26-24)18-28-13-11-27(12-14-28)17-20-7-5-4-6-8-20/h4-10,16H,3,11-15,17-18H2,1-2H3,(H,26,29)/p+2. The summed E-state index contributed by atoms with van der Waals surface area (Å²) in [6, 6.07) is 16.5. The van der Waals surface area contributed by atoms with Crippen molar-refractivity contribution >= 4 is 10.9 Å². The van der Waals surface area contributed by atoms with E-state index in [1.54, 1.807) is 4.90 Å². The molecule has 1 aliphatic heterocycles. The maximum atomic E-state index is 13.3. The number of piperazine rings is 1. The topological polar surface area (TPSA) is 51.0 Å². The number of H-pyrrole nitrogens is 1. The third-order valence-electron chi connectivity index (χ3n) is 6.15. The summed E-state index contributed by atoms with van der Waals surface area (Å²) in [4.78, 5) is 19.8. The number of aromatic nitrogens is 1. The van der Waals surface area contributed by atoms with Gasteiger partial charge in [-0.3, -0.25) is 4.79 Å². The molecule has 1 saturated heterocycles. The molecule has 5 nitrogen and oxygen atoms in total. The average Bonchev–Trinajstić information content (AvgIpc) is 2.77. The highest BCUT2D eigenvalue weighted by atomic mass is 16.5. The average molecular weight is 408 g/mol. The second-order valence-corrected chi connectivity index (χ2v) is 8.45. The van der Waals surface area contributed by atoms with Gasteiger partial charge in [-0.2, -0.15) is 0 Å². The van der Waals surface area contributed by atoms with Gasteiger partial charge in [0.2, 0.25) is 0 Å². The number of quaternary nitrogens is 2.